The second kappa shape index (κ2) is 12.5. The number of carbonyl (C=O) groups excluding carboxylic acids is 4. The molecule has 3 amide bonds. The van der Waals surface area contributed by atoms with Crippen LogP contribution in [0.3, 0.4) is 0 Å². The number of carbonyl (C=O) groups is 4. The van der Waals surface area contributed by atoms with Crippen LogP contribution in [-0.2, 0) is 28.7 Å². The van der Waals surface area contributed by atoms with Gasteiger partial charge in [0.15, 0.2) is 0 Å². The molecule has 1 spiro atoms. The maximum absolute atomic E-state index is 14.6. The van der Waals surface area contributed by atoms with Gasteiger partial charge in [-0.3, -0.25) is 19.2 Å². The van der Waals surface area contributed by atoms with E-state index in [-0.39, 0.29) is 43.8 Å². The lowest BCUT2D eigenvalue weighted by atomic mass is 9.78. The summed E-state index contributed by atoms with van der Waals surface area (Å²) in [5.74, 6) is -3.17. The Morgan fingerprint density at radius 1 is 1.14 bits per heavy atom. The summed E-state index contributed by atoms with van der Waals surface area (Å²) in [6.45, 7) is 5.58. The molecule has 0 saturated carbocycles. The van der Waals surface area contributed by atoms with Gasteiger partial charge in [-0.1, -0.05) is 44.6 Å². The quantitative estimate of drug-likeness (QED) is 0.377. The maximum atomic E-state index is 14.6. The minimum atomic E-state index is -1.48. The van der Waals surface area contributed by atoms with Gasteiger partial charge in [-0.25, -0.2) is 0 Å². The summed E-state index contributed by atoms with van der Waals surface area (Å²) in [5, 5.41) is 13.3. The van der Waals surface area contributed by atoms with Crippen LogP contribution in [0.15, 0.2) is 48.6 Å². The number of esters is 1. The van der Waals surface area contributed by atoms with Gasteiger partial charge in [0.2, 0.25) is 11.8 Å². The molecule has 0 aromatic heterocycles. The van der Waals surface area contributed by atoms with Crippen LogP contribution in [0, 0.1) is 17.8 Å². The van der Waals surface area contributed by atoms with Crippen molar-refractivity contribution in [1.29, 1.82) is 0 Å². The van der Waals surface area contributed by atoms with Crippen LogP contribution < -0.4 is 15.0 Å². The van der Waals surface area contributed by atoms with Gasteiger partial charge in [0.1, 0.15) is 29.4 Å². The average molecular weight is 596 g/mol. The minimum absolute atomic E-state index is 0.137. The van der Waals surface area contributed by atoms with Crippen molar-refractivity contribution >= 4 is 29.4 Å². The van der Waals surface area contributed by atoms with Gasteiger partial charge in [0.05, 0.1) is 38.3 Å². The fourth-order valence-electron chi connectivity index (χ4n) is 6.77. The number of allylic oxidation sites excluding steroid dienone is 1. The Balaban J connectivity index is 1.62. The predicted octanol–water partition coefficient (Wildman–Crippen LogP) is 1.98. The summed E-state index contributed by atoms with van der Waals surface area (Å²) in [7, 11) is 1.56. The van der Waals surface area contributed by atoms with Gasteiger partial charge in [-0.2, -0.15) is 0 Å². The second-order valence-corrected chi connectivity index (χ2v) is 11.8. The van der Waals surface area contributed by atoms with Crippen molar-refractivity contribution in [2.45, 2.75) is 69.9 Å². The SMILES string of the molecule is CC[C@H](C)[C@H](CO)N1C(=O)[C@@H]2[C@H]3C(=O)O[C@H](C)CNC(=O)CC/C=C\[C@H]3O[C@@]23C=CCN(c2ccc(OC)cc2)C(=O)[C@@H]13. The van der Waals surface area contributed by atoms with E-state index < -0.39 is 53.6 Å². The molecule has 4 aliphatic rings. The molecule has 2 saturated heterocycles. The molecule has 0 aliphatic carbocycles. The number of methoxy groups -OCH3 is 1. The highest BCUT2D eigenvalue weighted by molar-refractivity contribution is 6.05. The fourth-order valence-corrected chi connectivity index (χ4v) is 6.77. The molecule has 1 aromatic carbocycles. The first kappa shape index (κ1) is 30.7. The lowest BCUT2D eigenvalue weighted by Gasteiger charge is -2.40. The molecule has 5 rings (SSSR count). The van der Waals surface area contributed by atoms with Gasteiger partial charge in [0, 0.05) is 18.7 Å². The number of likely N-dealkylation sites (tertiary alicyclic amines) is 1. The van der Waals surface area contributed by atoms with Crippen LogP contribution >= 0.6 is 0 Å². The number of nitrogens with one attached hydrogen (secondary N) is 1. The van der Waals surface area contributed by atoms with Crippen molar-refractivity contribution in [2.24, 2.45) is 17.8 Å². The van der Waals surface area contributed by atoms with E-state index >= 15 is 0 Å². The Labute approximate surface area is 251 Å². The number of hydrogen-bond acceptors (Lipinski definition) is 8. The number of nitrogens with zero attached hydrogens (tertiary/aromatic N) is 2. The van der Waals surface area contributed by atoms with E-state index in [1.807, 2.05) is 13.8 Å². The third-order valence-electron chi connectivity index (χ3n) is 9.20. The number of aliphatic hydroxyl groups is 1. The number of aliphatic hydroxyl groups excluding tert-OH is 1. The van der Waals surface area contributed by atoms with Crippen LogP contribution in [0.5, 0.6) is 5.75 Å². The Bertz CT molecular complexity index is 1300. The van der Waals surface area contributed by atoms with Crippen molar-refractivity contribution < 1.29 is 38.5 Å². The zero-order valence-electron chi connectivity index (χ0n) is 25.1. The molecule has 4 heterocycles. The average Bonchev–Trinajstić information content (AvgIpc) is 3.39. The van der Waals surface area contributed by atoms with E-state index in [1.165, 1.54) is 4.90 Å². The van der Waals surface area contributed by atoms with E-state index in [0.717, 1.165) is 0 Å². The molecule has 11 heteroatoms. The smallest absolute Gasteiger partial charge is 0.313 e. The van der Waals surface area contributed by atoms with Crippen molar-refractivity contribution in [3.63, 3.8) is 0 Å². The number of rotatable bonds is 6. The summed E-state index contributed by atoms with van der Waals surface area (Å²) in [6.07, 6.45) is 6.87. The predicted molar refractivity (Wildman–Crippen MR) is 157 cm³/mol. The Morgan fingerprint density at radius 2 is 1.88 bits per heavy atom. The molecule has 8 atom stereocenters. The van der Waals surface area contributed by atoms with Crippen LogP contribution in [-0.4, -0.2) is 90.4 Å². The topological polar surface area (TPSA) is 135 Å². The highest BCUT2D eigenvalue weighted by atomic mass is 16.6. The Hall–Kier alpha value is -3.70. The van der Waals surface area contributed by atoms with Crippen molar-refractivity contribution in [3.8, 4) is 5.75 Å². The molecule has 11 nitrogen and oxygen atoms in total. The van der Waals surface area contributed by atoms with Crippen LogP contribution in [0.2, 0.25) is 0 Å². The summed E-state index contributed by atoms with van der Waals surface area (Å²) >= 11 is 0. The molecule has 0 radical (unpaired) electrons. The number of ether oxygens (including phenoxy) is 3. The molecule has 232 valence electrons. The van der Waals surface area contributed by atoms with Gasteiger partial charge in [-0.15, -0.1) is 0 Å². The zero-order valence-corrected chi connectivity index (χ0v) is 25.1. The Kier molecular flexibility index (Phi) is 8.94. The van der Waals surface area contributed by atoms with E-state index in [2.05, 4.69) is 5.32 Å². The first-order chi connectivity index (χ1) is 20.7. The summed E-state index contributed by atoms with van der Waals surface area (Å²) in [6, 6.07) is 5.26. The highest BCUT2D eigenvalue weighted by Crippen LogP contribution is 2.54. The minimum Gasteiger partial charge on any atom is -0.497 e. The number of benzene rings is 1. The van der Waals surface area contributed by atoms with Gasteiger partial charge in [0.25, 0.3) is 5.91 Å². The number of anilines is 1. The van der Waals surface area contributed by atoms with Crippen LogP contribution in [0.4, 0.5) is 5.69 Å². The van der Waals surface area contributed by atoms with E-state index in [1.54, 1.807) is 67.5 Å². The standard InChI is InChI=1S/C32H41N3O8/c1-5-19(2)23(18-36)35-28-30(39)34(21-11-13-22(41-4)14-12-21)16-8-15-32(28)27(29(35)38)26-24(43-32)9-6-7-10-25(37)33-17-20(3)42-31(26)40/h6,8-9,11-15,19-20,23-24,26-28,36H,5,7,10,16-18H2,1-4H3,(H,33,37)/b9-6-/t19-,20+,23-,24+,26-,27-,28+,32-/m0/s1. The fraction of sp³-hybridized carbons (Fsp3) is 0.562. The second-order valence-electron chi connectivity index (χ2n) is 11.8. The summed E-state index contributed by atoms with van der Waals surface area (Å²) in [4.78, 5) is 58.3. The van der Waals surface area contributed by atoms with Crippen LogP contribution in [0.1, 0.15) is 40.0 Å². The molecule has 0 unspecified atom stereocenters. The van der Waals surface area contributed by atoms with E-state index in [4.69, 9.17) is 14.2 Å². The van der Waals surface area contributed by atoms with E-state index in [9.17, 15) is 24.3 Å². The molecule has 43 heavy (non-hydrogen) atoms. The Morgan fingerprint density at radius 3 is 2.56 bits per heavy atom. The first-order valence-corrected chi connectivity index (χ1v) is 15.0. The van der Waals surface area contributed by atoms with E-state index in [0.29, 0.717) is 24.3 Å². The third kappa shape index (κ3) is 5.44. The van der Waals surface area contributed by atoms with Crippen molar-refractivity contribution in [1.82, 2.24) is 10.2 Å². The highest BCUT2D eigenvalue weighted by Gasteiger charge is 2.72. The summed E-state index contributed by atoms with van der Waals surface area (Å²) in [5.41, 5.74) is -0.867. The lowest BCUT2D eigenvalue weighted by Crippen LogP contribution is -2.59. The molecule has 2 N–H and O–H groups in total. The monoisotopic (exact) mass is 595 g/mol. The summed E-state index contributed by atoms with van der Waals surface area (Å²) < 4.78 is 17.8. The zero-order chi connectivity index (χ0) is 30.9. The van der Waals surface area contributed by atoms with Crippen molar-refractivity contribution in [2.75, 3.05) is 31.7 Å². The molecular weight excluding hydrogens is 554 g/mol. The van der Waals surface area contributed by atoms with Gasteiger partial charge < -0.3 is 34.4 Å². The molecular formula is C32H41N3O8. The normalized spacial score (nSPS) is 33.2. The van der Waals surface area contributed by atoms with Gasteiger partial charge >= 0.3 is 5.97 Å². The molecule has 2 fully saturated rings. The van der Waals surface area contributed by atoms with Crippen LogP contribution in [0.25, 0.3) is 0 Å². The number of hydrogen-bond donors (Lipinski definition) is 2. The van der Waals surface area contributed by atoms with Crippen molar-refractivity contribution in [3.05, 3.63) is 48.6 Å². The largest absolute Gasteiger partial charge is 0.497 e. The lowest BCUT2D eigenvalue weighted by molar-refractivity contribution is -0.159. The number of fused-ring (bicyclic) bond motifs is 2. The third-order valence-corrected chi connectivity index (χ3v) is 9.20. The molecule has 1 aromatic rings. The molecule has 0 bridgehead atoms. The number of amides is 3. The van der Waals surface area contributed by atoms with Gasteiger partial charge in [-0.05, 0) is 43.5 Å². The maximum Gasteiger partial charge on any atom is 0.313 e. The first-order valence-electron chi connectivity index (χ1n) is 15.0. The number of cyclic esters (lactones) is 1. The molecule has 4 aliphatic heterocycles.